The van der Waals surface area contributed by atoms with Gasteiger partial charge in [-0.2, -0.15) is 0 Å². The highest BCUT2D eigenvalue weighted by Crippen LogP contribution is 2.34. The van der Waals surface area contributed by atoms with Crippen LogP contribution >= 0.6 is 0 Å². The molecule has 0 aromatic heterocycles. The van der Waals surface area contributed by atoms with Crippen molar-refractivity contribution in [2.24, 2.45) is 5.92 Å². The van der Waals surface area contributed by atoms with E-state index in [1.807, 2.05) is 52.0 Å². The van der Waals surface area contributed by atoms with Gasteiger partial charge in [0, 0.05) is 0 Å². The largest absolute Gasteiger partial charge is 0.486 e. The minimum absolute atomic E-state index is 0.135. The van der Waals surface area contributed by atoms with Gasteiger partial charge in [0.2, 0.25) is 0 Å². The zero-order chi connectivity index (χ0) is 21.0. The molecule has 0 fully saturated rings. The SMILES string of the molecule is Cc1cccc(C(=O)OCC(=O)N[C@H](c2ccc3c(c2)OCCO3)C(C)C)c1C. The molecule has 6 heteroatoms. The fourth-order valence-corrected chi connectivity index (χ4v) is 3.28. The summed E-state index contributed by atoms with van der Waals surface area (Å²) in [6, 6.07) is 10.9. The Morgan fingerprint density at radius 3 is 2.52 bits per heavy atom. The van der Waals surface area contributed by atoms with Gasteiger partial charge in [0.05, 0.1) is 11.6 Å². The second-order valence-corrected chi connectivity index (χ2v) is 7.52. The predicted octanol–water partition coefficient (Wildman–Crippen LogP) is 3.74. The third-order valence-corrected chi connectivity index (χ3v) is 5.07. The Hall–Kier alpha value is -3.02. The summed E-state index contributed by atoms with van der Waals surface area (Å²) in [6.45, 7) is 8.53. The van der Waals surface area contributed by atoms with E-state index in [-0.39, 0.29) is 24.5 Å². The summed E-state index contributed by atoms with van der Waals surface area (Å²) in [5, 5.41) is 2.96. The first-order valence-corrected chi connectivity index (χ1v) is 9.79. The Labute approximate surface area is 171 Å². The van der Waals surface area contributed by atoms with Gasteiger partial charge in [0.25, 0.3) is 5.91 Å². The van der Waals surface area contributed by atoms with E-state index >= 15 is 0 Å². The van der Waals surface area contributed by atoms with E-state index < -0.39 is 5.97 Å². The molecule has 1 heterocycles. The number of ether oxygens (including phenoxy) is 3. The quantitative estimate of drug-likeness (QED) is 0.752. The van der Waals surface area contributed by atoms with Crippen molar-refractivity contribution < 1.29 is 23.8 Å². The molecule has 1 atom stereocenters. The van der Waals surface area contributed by atoms with Crippen molar-refractivity contribution in [2.75, 3.05) is 19.8 Å². The van der Waals surface area contributed by atoms with Crippen molar-refractivity contribution in [1.29, 1.82) is 0 Å². The first kappa shape index (κ1) is 20.7. The van der Waals surface area contributed by atoms with Crippen LogP contribution in [-0.2, 0) is 9.53 Å². The third-order valence-electron chi connectivity index (χ3n) is 5.07. The number of nitrogens with one attached hydrogen (secondary N) is 1. The molecule has 1 aliphatic rings. The Bertz CT molecular complexity index is 906. The fraction of sp³-hybridized carbons (Fsp3) is 0.391. The summed E-state index contributed by atoms with van der Waals surface area (Å²) in [5.41, 5.74) is 3.25. The monoisotopic (exact) mass is 397 g/mol. The summed E-state index contributed by atoms with van der Waals surface area (Å²) >= 11 is 0. The summed E-state index contributed by atoms with van der Waals surface area (Å²) in [6.07, 6.45) is 0. The number of amides is 1. The van der Waals surface area contributed by atoms with E-state index in [2.05, 4.69) is 5.32 Å². The minimum Gasteiger partial charge on any atom is -0.486 e. The minimum atomic E-state index is -0.498. The lowest BCUT2D eigenvalue weighted by Gasteiger charge is -2.25. The molecular formula is C23H27NO5. The molecule has 2 aromatic carbocycles. The molecule has 3 rings (SSSR count). The summed E-state index contributed by atoms with van der Waals surface area (Å²) < 4.78 is 16.4. The maximum Gasteiger partial charge on any atom is 0.338 e. The first-order chi connectivity index (χ1) is 13.9. The van der Waals surface area contributed by atoms with Crippen LogP contribution in [0.5, 0.6) is 11.5 Å². The van der Waals surface area contributed by atoms with Crippen LogP contribution < -0.4 is 14.8 Å². The molecule has 0 unspecified atom stereocenters. The van der Waals surface area contributed by atoms with Crippen molar-refractivity contribution in [3.63, 3.8) is 0 Å². The van der Waals surface area contributed by atoms with Gasteiger partial charge in [0.1, 0.15) is 13.2 Å². The van der Waals surface area contributed by atoms with Crippen LogP contribution in [0.15, 0.2) is 36.4 Å². The Balaban J connectivity index is 1.64. The van der Waals surface area contributed by atoms with Gasteiger partial charge >= 0.3 is 5.97 Å². The van der Waals surface area contributed by atoms with Crippen molar-refractivity contribution in [2.45, 2.75) is 33.7 Å². The molecule has 154 valence electrons. The third kappa shape index (κ3) is 4.88. The first-order valence-electron chi connectivity index (χ1n) is 9.79. The Morgan fingerprint density at radius 1 is 1.07 bits per heavy atom. The van der Waals surface area contributed by atoms with Crippen LogP contribution in [-0.4, -0.2) is 31.7 Å². The standard InChI is InChI=1S/C23H27NO5/c1-14(2)22(17-8-9-19-20(12-17)28-11-10-27-19)24-21(25)13-29-23(26)18-7-5-6-15(3)16(18)4/h5-9,12,14,22H,10-11,13H2,1-4H3,(H,24,25)/t22-/m0/s1. The molecule has 0 spiro atoms. The second-order valence-electron chi connectivity index (χ2n) is 7.52. The van der Waals surface area contributed by atoms with Crippen molar-refractivity contribution >= 4 is 11.9 Å². The molecular weight excluding hydrogens is 370 g/mol. The number of aryl methyl sites for hydroxylation is 1. The van der Waals surface area contributed by atoms with Gasteiger partial charge in [-0.3, -0.25) is 4.79 Å². The highest BCUT2D eigenvalue weighted by atomic mass is 16.6. The van der Waals surface area contributed by atoms with Gasteiger partial charge in [-0.05, 0) is 54.7 Å². The number of fused-ring (bicyclic) bond motifs is 1. The highest BCUT2D eigenvalue weighted by molar-refractivity contribution is 5.93. The second kappa shape index (κ2) is 8.99. The molecule has 0 saturated carbocycles. The van der Waals surface area contributed by atoms with E-state index in [0.717, 1.165) is 16.7 Å². The zero-order valence-corrected chi connectivity index (χ0v) is 17.3. The molecule has 2 aromatic rings. The Kier molecular flexibility index (Phi) is 6.42. The van der Waals surface area contributed by atoms with Crippen molar-refractivity contribution in [3.8, 4) is 11.5 Å². The molecule has 0 aliphatic carbocycles. The number of rotatable bonds is 6. The van der Waals surface area contributed by atoms with E-state index in [4.69, 9.17) is 14.2 Å². The average molecular weight is 397 g/mol. The smallest absolute Gasteiger partial charge is 0.338 e. The van der Waals surface area contributed by atoms with Crippen LogP contribution in [0.4, 0.5) is 0 Å². The van der Waals surface area contributed by atoms with Crippen LogP contribution in [0, 0.1) is 19.8 Å². The molecule has 29 heavy (non-hydrogen) atoms. The van der Waals surface area contributed by atoms with Gasteiger partial charge in [-0.1, -0.05) is 32.0 Å². The molecule has 1 N–H and O–H groups in total. The number of esters is 1. The molecule has 0 saturated heterocycles. The number of carbonyl (C=O) groups excluding carboxylic acids is 2. The van der Waals surface area contributed by atoms with E-state index in [0.29, 0.717) is 30.3 Å². The normalized spacial score (nSPS) is 13.7. The van der Waals surface area contributed by atoms with E-state index in [1.54, 1.807) is 12.1 Å². The van der Waals surface area contributed by atoms with Gasteiger partial charge in [-0.15, -0.1) is 0 Å². The molecule has 6 nitrogen and oxygen atoms in total. The lowest BCUT2D eigenvalue weighted by atomic mass is 9.95. The van der Waals surface area contributed by atoms with E-state index in [9.17, 15) is 9.59 Å². The summed E-state index contributed by atoms with van der Waals surface area (Å²) in [7, 11) is 0. The number of benzene rings is 2. The molecule has 0 bridgehead atoms. The lowest BCUT2D eigenvalue weighted by molar-refractivity contribution is -0.125. The van der Waals surface area contributed by atoms with Crippen LogP contribution in [0.25, 0.3) is 0 Å². The number of hydrogen-bond acceptors (Lipinski definition) is 5. The molecule has 0 radical (unpaired) electrons. The van der Waals surface area contributed by atoms with Crippen molar-refractivity contribution in [1.82, 2.24) is 5.32 Å². The summed E-state index contributed by atoms with van der Waals surface area (Å²) in [4.78, 5) is 24.8. The lowest BCUT2D eigenvalue weighted by Crippen LogP contribution is -2.35. The highest BCUT2D eigenvalue weighted by Gasteiger charge is 2.22. The maximum absolute atomic E-state index is 12.5. The average Bonchev–Trinajstić information content (AvgIpc) is 2.71. The number of carbonyl (C=O) groups is 2. The Morgan fingerprint density at radius 2 is 1.79 bits per heavy atom. The fourth-order valence-electron chi connectivity index (χ4n) is 3.28. The zero-order valence-electron chi connectivity index (χ0n) is 17.3. The van der Waals surface area contributed by atoms with Gasteiger partial charge in [0.15, 0.2) is 18.1 Å². The van der Waals surface area contributed by atoms with Gasteiger partial charge in [-0.25, -0.2) is 4.79 Å². The molecule has 1 aliphatic heterocycles. The van der Waals surface area contributed by atoms with Gasteiger partial charge < -0.3 is 19.5 Å². The number of hydrogen-bond donors (Lipinski definition) is 1. The molecule has 1 amide bonds. The van der Waals surface area contributed by atoms with Crippen molar-refractivity contribution in [3.05, 3.63) is 58.7 Å². The van der Waals surface area contributed by atoms with Crippen LogP contribution in [0.3, 0.4) is 0 Å². The topological polar surface area (TPSA) is 73.9 Å². The van der Waals surface area contributed by atoms with Crippen LogP contribution in [0.1, 0.15) is 46.9 Å². The predicted molar refractivity (Wildman–Crippen MR) is 109 cm³/mol. The van der Waals surface area contributed by atoms with E-state index in [1.165, 1.54) is 0 Å². The maximum atomic E-state index is 12.5. The summed E-state index contributed by atoms with van der Waals surface area (Å²) in [5.74, 6) is 0.668. The van der Waals surface area contributed by atoms with Crippen LogP contribution in [0.2, 0.25) is 0 Å².